The highest BCUT2D eigenvalue weighted by atomic mass is 19.1. The highest BCUT2D eigenvalue weighted by Gasteiger charge is 2.34. The van der Waals surface area contributed by atoms with Crippen LogP contribution in [0.5, 0.6) is 0 Å². The number of hydrogen-bond acceptors (Lipinski definition) is 5. The van der Waals surface area contributed by atoms with Crippen LogP contribution in [0.2, 0.25) is 0 Å². The van der Waals surface area contributed by atoms with E-state index in [4.69, 9.17) is 4.52 Å². The third kappa shape index (κ3) is 4.53. The number of halogens is 1. The summed E-state index contributed by atoms with van der Waals surface area (Å²) in [5.41, 5.74) is 2.35. The minimum atomic E-state index is -0.481. The van der Waals surface area contributed by atoms with Crippen molar-refractivity contribution in [2.75, 3.05) is 26.2 Å². The molecule has 2 heterocycles. The van der Waals surface area contributed by atoms with E-state index in [2.05, 4.69) is 15.4 Å². The van der Waals surface area contributed by atoms with E-state index in [1.54, 1.807) is 12.1 Å². The van der Waals surface area contributed by atoms with Crippen molar-refractivity contribution in [3.8, 4) is 0 Å². The quantitative estimate of drug-likeness (QED) is 0.784. The van der Waals surface area contributed by atoms with Crippen molar-refractivity contribution >= 4 is 11.8 Å². The Balaban J connectivity index is 1.42. The normalized spacial score (nSPS) is 18.3. The van der Waals surface area contributed by atoms with Crippen molar-refractivity contribution in [2.24, 2.45) is 0 Å². The maximum absolute atomic E-state index is 13.4. The van der Waals surface area contributed by atoms with Crippen molar-refractivity contribution in [2.45, 2.75) is 45.2 Å². The maximum Gasteiger partial charge on any atom is 0.242 e. The number of nitrogens with one attached hydrogen (secondary N) is 1. The first kappa shape index (κ1) is 20.5. The molecule has 2 amide bonds. The lowest BCUT2D eigenvalue weighted by Crippen LogP contribution is -2.52. The number of aryl methyl sites for hydroxylation is 2. The summed E-state index contributed by atoms with van der Waals surface area (Å²) in [4.78, 5) is 29.6. The van der Waals surface area contributed by atoms with Crippen molar-refractivity contribution < 1.29 is 18.5 Å². The number of benzene rings is 1. The molecule has 2 aromatic rings. The summed E-state index contributed by atoms with van der Waals surface area (Å²) in [5.74, 6) is 0.326. The molecule has 1 aromatic carbocycles. The van der Waals surface area contributed by atoms with Crippen LogP contribution in [0.25, 0.3) is 0 Å². The number of aromatic nitrogens is 1. The van der Waals surface area contributed by atoms with Crippen molar-refractivity contribution in [1.82, 2.24) is 20.3 Å². The lowest BCUT2D eigenvalue weighted by molar-refractivity contribution is -0.134. The van der Waals surface area contributed by atoms with Crippen LogP contribution >= 0.6 is 0 Å². The third-order valence-electron chi connectivity index (χ3n) is 5.90. The molecule has 0 radical (unpaired) electrons. The second kappa shape index (κ2) is 8.55. The highest BCUT2D eigenvalue weighted by Crippen LogP contribution is 2.26. The second-order valence-corrected chi connectivity index (χ2v) is 8.13. The van der Waals surface area contributed by atoms with E-state index in [1.807, 2.05) is 18.7 Å². The monoisotopic (exact) mass is 414 g/mol. The number of nitrogens with zero attached hydrogens (tertiary/aromatic N) is 3. The van der Waals surface area contributed by atoms with E-state index in [1.165, 1.54) is 12.1 Å². The largest absolute Gasteiger partial charge is 0.361 e. The lowest BCUT2D eigenvalue weighted by Gasteiger charge is -2.39. The molecule has 7 nitrogen and oxygen atoms in total. The van der Waals surface area contributed by atoms with Gasteiger partial charge in [0.1, 0.15) is 17.6 Å². The smallest absolute Gasteiger partial charge is 0.242 e. The van der Waals surface area contributed by atoms with E-state index in [9.17, 15) is 14.0 Å². The Labute approximate surface area is 175 Å². The minimum absolute atomic E-state index is 0.0322. The number of rotatable bonds is 6. The minimum Gasteiger partial charge on any atom is -0.361 e. The van der Waals surface area contributed by atoms with E-state index < -0.39 is 6.04 Å². The molecule has 0 spiro atoms. The SMILES string of the molecule is Cc1noc(C)c1CC(=O)N1CCN(C(C(=O)NC2CC2)c2ccc(F)cc2)CC1. The molecule has 1 aromatic heterocycles. The standard InChI is InChI=1S/C22H27FN4O3/c1-14-19(15(2)30-25-14)13-20(28)26-9-11-27(12-10-26)21(22(29)24-18-7-8-18)16-3-5-17(23)6-4-16/h3-6,18,21H,7-13H2,1-2H3,(H,24,29). The summed E-state index contributed by atoms with van der Waals surface area (Å²) in [6, 6.07) is 5.87. The fourth-order valence-electron chi connectivity index (χ4n) is 3.93. The number of carbonyl (C=O) groups is 2. The van der Waals surface area contributed by atoms with Crippen molar-refractivity contribution in [3.05, 3.63) is 52.7 Å². The van der Waals surface area contributed by atoms with Gasteiger partial charge in [0.15, 0.2) is 0 Å². The molecule has 1 N–H and O–H groups in total. The number of carbonyl (C=O) groups excluding carboxylic acids is 2. The van der Waals surface area contributed by atoms with E-state index in [0.717, 1.165) is 29.7 Å². The first-order valence-corrected chi connectivity index (χ1v) is 10.4. The van der Waals surface area contributed by atoms with Gasteiger partial charge in [-0.2, -0.15) is 0 Å². The van der Waals surface area contributed by atoms with Crippen LogP contribution < -0.4 is 5.32 Å². The van der Waals surface area contributed by atoms with Gasteiger partial charge < -0.3 is 14.7 Å². The molecule has 4 rings (SSSR count). The average molecular weight is 414 g/mol. The first-order valence-electron chi connectivity index (χ1n) is 10.4. The van der Waals surface area contributed by atoms with Gasteiger partial charge in [-0.05, 0) is 44.4 Å². The summed E-state index contributed by atoms with van der Waals surface area (Å²) in [6.07, 6.45) is 2.28. The lowest BCUT2D eigenvalue weighted by atomic mass is 10.0. The summed E-state index contributed by atoms with van der Waals surface area (Å²) < 4.78 is 18.5. The molecule has 160 valence electrons. The molecule has 1 atom stereocenters. The van der Waals surface area contributed by atoms with Gasteiger partial charge in [-0.1, -0.05) is 17.3 Å². The van der Waals surface area contributed by atoms with Crippen LogP contribution in [-0.2, 0) is 16.0 Å². The van der Waals surface area contributed by atoms with Crippen LogP contribution in [0, 0.1) is 19.7 Å². The zero-order valence-corrected chi connectivity index (χ0v) is 17.4. The van der Waals surface area contributed by atoms with Gasteiger partial charge in [0, 0.05) is 37.8 Å². The Hall–Kier alpha value is -2.74. The van der Waals surface area contributed by atoms with E-state index in [0.29, 0.717) is 31.9 Å². The van der Waals surface area contributed by atoms with Gasteiger partial charge in [-0.25, -0.2) is 4.39 Å². The molecule has 1 saturated heterocycles. The van der Waals surface area contributed by atoms with Gasteiger partial charge in [0.05, 0.1) is 12.1 Å². The summed E-state index contributed by atoms with van der Waals surface area (Å²) >= 11 is 0. The van der Waals surface area contributed by atoms with Crippen LogP contribution in [0.1, 0.15) is 41.5 Å². The zero-order chi connectivity index (χ0) is 21.3. The molecule has 1 aliphatic heterocycles. The average Bonchev–Trinajstić information content (AvgIpc) is 3.50. The topological polar surface area (TPSA) is 78.7 Å². The van der Waals surface area contributed by atoms with Crippen molar-refractivity contribution in [3.63, 3.8) is 0 Å². The Morgan fingerprint density at radius 3 is 2.40 bits per heavy atom. The van der Waals surface area contributed by atoms with Gasteiger partial charge in [0.25, 0.3) is 0 Å². The molecule has 0 bridgehead atoms. The summed E-state index contributed by atoms with van der Waals surface area (Å²) in [6.45, 7) is 5.88. The van der Waals surface area contributed by atoms with Crippen LogP contribution in [0.4, 0.5) is 4.39 Å². The summed E-state index contributed by atoms with van der Waals surface area (Å²) in [5, 5.41) is 6.98. The van der Waals surface area contributed by atoms with Crippen LogP contribution in [-0.4, -0.2) is 59.0 Å². The Morgan fingerprint density at radius 2 is 1.83 bits per heavy atom. The molecule has 2 aliphatic rings. The van der Waals surface area contributed by atoms with Gasteiger partial charge in [-0.15, -0.1) is 0 Å². The molecule has 2 fully saturated rings. The predicted molar refractivity (Wildman–Crippen MR) is 108 cm³/mol. The molecule has 30 heavy (non-hydrogen) atoms. The Morgan fingerprint density at radius 1 is 1.17 bits per heavy atom. The molecule has 1 saturated carbocycles. The van der Waals surface area contributed by atoms with Crippen LogP contribution in [0.15, 0.2) is 28.8 Å². The third-order valence-corrected chi connectivity index (χ3v) is 5.90. The van der Waals surface area contributed by atoms with Crippen molar-refractivity contribution in [1.29, 1.82) is 0 Å². The fraction of sp³-hybridized carbons (Fsp3) is 0.500. The number of piperazine rings is 1. The Kier molecular flexibility index (Phi) is 5.85. The van der Waals surface area contributed by atoms with Gasteiger partial charge >= 0.3 is 0 Å². The van der Waals surface area contributed by atoms with Gasteiger partial charge in [0.2, 0.25) is 11.8 Å². The predicted octanol–water partition coefficient (Wildman–Crippen LogP) is 2.14. The summed E-state index contributed by atoms with van der Waals surface area (Å²) in [7, 11) is 0. The van der Waals surface area contributed by atoms with Gasteiger partial charge in [-0.3, -0.25) is 14.5 Å². The molecule has 8 heteroatoms. The Bertz CT molecular complexity index is 895. The second-order valence-electron chi connectivity index (χ2n) is 8.13. The number of hydrogen-bond donors (Lipinski definition) is 1. The molecular weight excluding hydrogens is 387 g/mol. The molecular formula is C22H27FN4O3. The highest BCUT2D eigenvalue weighted by molar-refractivity contribution is 5.84. The van der Waals surface area contributed by atoms with E-state index >= 15 is 0 Å². The number of amides is 2. The first-order chi connectivity index (χ1) is 14.4. The molecule has 1 unspecified atom stereocenters. The molecule has 1 aliphatic carbocycles. The zero-order valence-electron chi connectivity index (χ0n) is 17.4. The fourth-order valence-corrected chi connectivity index (χ4v) is 3.93. The maximum atomic E-state index is 13.4. The van der Waals surface area contributed by atoms with E-state index in [-0.39, 0.29) is 30.1 Å². The van der Waals surface area contributed by atoms with Crippen LogP contribution in [0.3, 0.4) is 0 Å².